The second-order valence-corrected chi connectivity index (χ2v) is 5.09. The van der Waals surface area contributed by atoms with E-state index in [-0.39, 0.29) is 0 Å². The van der Waals surface area contributed by atoms with Crippen molar-refractivity contribution in [1.82, 2.24) is 4.98 Å². The lowest BCUT2D eigenvalue weighted by Gasteiger charge is -1.97. The number of anilines is 1. The Bertz CT molecular complexity index is 704. The average molecular weight is 315 g/mol. The summed E-state index contributed by atoms with van der Waals surface area (Å²) in [5.74, 6) is 0.593. The number of hydrogen-bond donors (Lipinski definition) is 1. The highest BCUT2D eigenvalue weighted by atomic mass is 79.9. The zero-order valence-corrected chi connectivity index (χ0v) is 11.6. The van der Waals surface area contributed by atoms with E-state index in [0.29, 0.717) is 5.89 Å². The largest absolute Gasteiger partial charge is 0.444 e. The van der Waals surface area contributed by atoms with Gasteiger partial charge in [-0.05, 0) is 36.4 Å². The number of nitrogens with two attached hydrogens (primary N) is 1. The Morgan fingerprint density at radius 2 is 1.79 bits per heavy atom. The van der Waals surface area contributed by atoms with Crippen LogP contribution in [-0.2, 0) is 0 Å². The van der Waals surface area contributed by atoms with Gasteiger partial charge >= 0.3 is 0 Å². The van der Waals surface area contributed by atoms with Crippen molar-refractivity contribution in [3.8, 4) is 22.7 Å². The van der Waals surface area contributed by atoms with Crippen molar-refractivity contribution in [3.05, 3.63) is 59.3 Å². The second-order valence-electron chi connectivity index (χ2n) is 4.17. The number of aromatic nitrogens is 1. The number of nitrogens with zero attached hydrogens (tertiary/aromatic N) is 1. The van der Waals surface area contributed by atoms with Crippen molar-refractivity contribution in [3.63, 3.8) is 0 Å². The van der Waals surface area contributed by atoms with Gasteiger partial charge in [-0.3, -0.25) is 0 Å². The normalized spacial score (nSPS) is 10.6. The topological polar surface area (TPSA) is 52.0 Å². The minimum Gasteiger partial charge on any atom is -0.444 e. The SMILES string of the molecule is Nc1ccc(-c2nc(-c3cccc(Br)c3)co2)cc1. The molecule has 0 saturated heterocycles. The molecular weight excluding hydrogens is 304 g/mol. The van der Waals surface area contributed by atoms with Crippen LogP contribution in [0.5, 0.6) is 0 Å². The van der Waals surface area contributed by atoms with E-state index >= 15 is 0 Å². The van der Waals surface area contributed by atoms with E-state index in [0.717, 1.165) is 27.0 Å². The molecule has 19 heavy (non-hydrogen) atoms. The van der Waals surface area contributed by atoms with Gasteiger partial charge in [-0.1, -0.05) is 28.1 Å². The molecule has 3 aromatic rings. The lowest BCUT2D eigenvalue weighted by Crippen LogP contribution is -1.84. The number of oxazole rings is 1. The first kappa shape index (κ1) is 12.0. The van der Waals surface area contributed by atoms with Gasteiger partial charge in [0, 0.05) is 21.3 Å². The number of benzene rings is 2. The first-order valence-electron chi connectivity index (χ1n) is 5.80. The van der Waals surface area contributed by atoms with Crippen LogP contribution in [0.25, 0.3) is 22.7 Å². The highest BCUT2D eigenvalue weighted by molar-refractivity contribution is 9.10. The summed E-state index contributed by atoms with van der Waals surface area (Å²) >= 11 is 3.45. The molecule has 2 aromatic carbocycles. The number of rotatable bonds is 2. The van der Waals surface area contributed by atoms with Gasteiger partial charge in [-0.2, -0.15) is 0 Å². The fourth-order valence-corrected chi connectivity index (χ4v) is 2.21. The van der Waals surface area contributed by atoms with Gasteiger partial charge in [0.25, 0.3) is 0 Å². The molecule has 0 aliphatic heterocycles. The van der Waals surface area contributed by atoms with Crippen LogP contribution in [0.15, 0.2) is 63.7 Å². The summed E-state index contributed by atoms with van der Waals surface area (Å²) in [5, 5.41) is 0. The average Bonchev–Trinajstić information content (AvgIpc) is 2.89. The maximum atomic E-state index is 5.66. The van der Waals surface area contributed by atoms with Gasteiger partial charge in [0.15, 0.2) is 0 Å². The quantitative estimate of drug-likeness (QED) is 0.715. The number of halogens is 1. The molecule has 0 aliphatic carbocycles. The van der Waals surface area contributed by atoms with E-state index < -0.39 is 0 Å². The summed E-state index contributed by atoms with van der Waals surface area (Å²) in [6.45, 7) is 0. The van der Waals surface area contributed by atoms with Crippen molar-refractivity contribution in [2.24, 2.45) is 0 Å². The summed E-state index contributed by atoms with van der Waals surface area (Å²) in [4.78, 5) is 4.49. The monoisotopic (exact) mass is 314 g/mol. The molecule has 3 nitrogen and oxygen atoms in total. The molecule has 94 valence electrons. The van der Waals surface area contributed by atoms with E-state index in [1.165, 1.54) is 0 Å². The third-order valence-electron chi connectivity index (χ3n) is 2.78. The lowest BCUT2D eigenvalue weighted by molar-refractivity contribution is 0.575. The van der Waals surface area contributed by atoms with E-state index in [2.05, 4.69) is 20.9 Å². The molecule has 1 aromatic heterocycles. The zero-order valence-electron chi connectivity index (χ0n) is 10.0. The standard InChI is InChI=1S/C15H11BrN2O/c16-12-3-1-2-11(8-12)14-9-19-15(18-14)10-4-6-13(17)7-5-10/h1-9H,17H2. The molecule has 0 fully saturated rings. The van der Waals surface area contributed by atoms with Gasteiger partial charge < -0.3 is 10.2 Å². The van der Waals surface area contributed by atoms with Gasteiger partial charge in [0.2, 0.25) is 5.89 Å². The summed E-state index contributed by atoms with van der Waals surface area (Å²) in [7, 11) is 0. The Labute approximate surface area is 119 Å². The predicted molar refractivity (Wildman–Crippen MR) is 79.5 cm³/mol. The molecule has 0 bridgehead atoms. The highest BCUT2D eigenvalue weighted by Crippen LogP contribution is 2.26. The van der Waals surface area contributed by atoms with E-state index in [9.17, 15) is 0 Å². The van der Waals surface area contributed by atoms with E-state index in [1.54, 1.807) is 6.26 Å². The van der Waals surface area contributed by atoms with Crippen LogP contribution >= 0.6 is 15.9 Å². The Hall–Kier alpha value is -2.07. The molecule has 0 atom stereocenters. The fourth-order valence-electron chi connectivity index (χ4n) is 1.81. The van der Waals surface area contributed by atoms with Crippen LogP contribution in [-0.4, -0.2) is 4.98 Å². The molecule has 0 radical (unpaired) electrons. The molecule has 0 aliphatic rings. The Kier molecular flexibility index (Phi) is 3.09. The first-order chi connectivity index (χ1) is 9.22. The summed E-state index contributed by atoms with van der Waals surface area (Å²) in [6.07, 6.45) is 1.66. The molecular formula is C15H11BrN2O. The first-order valence-corrected chi connectivity index (χ1v) is 6.59. The maximum Gasteiger partial charge on any atom is 0.226 e. The maximum absolute atomic E-state index is 5.66. The minimum atomic E-state index is 0.593. The van der Waals surface area contributed by atoms with Crippen molar-refractivity contribution < 1.29 is 4.42 Å². The van der Waals surface area contributed by atoms with Crippen LogP contribution in [0.3, 0.4) is 0 Å². The van der Waals surface area contributed by atoms with E-state index in [4.69, 9.17) is 10.2 Å². The second kappa shape index (κ2) is 4.90. The van der Waals surface area contributed by atoms with Crippen molar-refractivity contribution in [2.75, 3.05) is 5.73 Å². The molecule has 4 heteroatoms. The molecule has 3 rings (SSSR count). The summed E-state index contributed by atoms with van der Waals surface area (Å²) in [6, 6.07) is 15.4. The summed E-state index contributed by atoms with van der Waals surface area (Å²) in [5.41, 5.74) is 9.13. The molecule has 0 amide bonds. The molecule has 0 saturated carbocycles. The molecule has 0 unspecified atom stereocenters. The highest BCUT2D eigenvalue weighted by Gasteiger charge is 2.08. The van der Waals surface area contributed by atoms with Crippen LogP contribution in [0.2, 0.25) is 0 Å². The molecule has 1 heterocycles. The van der Waals surface area contributed by atoms with Crippen LogP contribution in [0, 0.1) is 0 Å². The Morgan fingerprint density at radius 1 is 1.00 bits per heavy atom. The van der Waals surface area contributed by atoms with Crippen molar-refractivity contribution in [1.29, 1.82) is 0 Å². The minimum absolute atomic E-state index is 0.593. The number of hydrogen-bond acceptors (Lipinski definition) is 3. The van der Waals surface area contributed by atoms with Crippen molar-refractivity contribution >= 4 is 21.6 Å². The van der Waals surface area contributed by atoms with Gasteiger partial charge in [-0.15, -0.1) is 0 Å². The van der Waals surface area contributed by atoms with Crippen LogP contribution < -0.4 is 5.73 Å². The fraction of sp³-hybridized carbons (Fsp3) is 0. The third-order valence-corrected chi connectivity index (χ3v) is 3.28. The number of nitrogen functional groups attached to an aromatic ring is 1. The van der Waals surface area contributed by atoms with Gasteiger partial charge in [0.05, 0.1) is 0 Å². The van der Waals surface area contributed by atoms with Crippen LogP contribution in [0.4, 0.5) is 5.69 Å². The smallest absolute Gasteiger partial charge is 0.226 e. The van der Waals surface area contributed by atoms with Crippen LogP contribution in [0.1, 0.15) is 0 Å². The Morgan fingerprint density at radius 3 is 2.53 bits per heavy atom. The third kappa shape index (κ3) is 2.53. The van der Waals surface area contributed by atoms with Gasteiger partial charge in [-0.25, -0.2) is 4.98 Å². The van der Waals surface area contributed by atoms with E-state index in [1.807, 2.05) is 48.5 Å². The summed E-state index contributed by atoms with van der Waals surface area (Å²) < 4.78 is 6.53. The predicted octanol–water partition coefficient (Wildman–Crippen LogP) is 4.35. The van der Waals surface area contributed by atoms with Gasteiger partial charge in [0.1, 0.15) is 12.0 Å². The zero-order chi connectivity index (χ0) is 13.2. The molecule has 2 N–H and O–H groups in total. The lowest BCUT2D eigenvalue weighted by atomic mass is 10.2. The Balaban J connectivity index is 1.97. The van der Waals surface area contributed by atoms with Crippen molar-refractivity contribution in [2.45, 2.75) is 0 Å². The molecule has 0 spiro atoms.